The molecule has 0 aromatic carbocycles. The first-order chi connectivity index (χ1) is 7.29. The van der Waals surface area contributed by atoms with E-state index >= 15 is 0 Å². The van der Waals surface area contributed by atoms with Gasteiger partial charge in [0.25, 0.3) is 5.91 Å². The van der Waals surface area contributed by atoms with Crippen LogP contribution in [0.1, 0.15) is 12.8 Å². The molecule has 0 radical (unpaired) electrons. The Kier molecular flexibility index (Phi) is 4.72. The fourth-order valence-corrected chi connectivity index (χ4v) is 1.61. The Labute approximate surface area is 99.3 Å². The number of anilines is 1. The van der Waals surface area contributed by atoms with Crippen molar-refractivity contribution >= 4 is 24.0 Å². The number of nitrogens with zero attached hydrogens (tertiary/aromatic N) is 1. The fraction of sp³-hybridized carbons (Fsp3) is 0.556. The van der Waals surface area contributed by atoms with E-state index in [1.54, 1.807) is 12.4 Å². The number of H-pyrrole nitrogens is 1. The molecule has 6 nitrogen and oxygen atoms in total. The second kappa shape index (κ2) is 5.83. The molecule has 0 spiro atoms. The Morgan fingerprint density at radius 1 is 1.69 bits per heavy atom. The highest BCUT2D eigenvalue weighted by Crippen LogP contribution is 2.20. The van der Waals surface area contributed by atoms with Gasteiger partial charge in [0.1, 0.15) is 6.10 Å². The van der Waals surface area contributed by atoms with E-state index in [-0.39, 0.29) is 30.5 Å². The average molecular weight is 247 g/mol. The number of aromatic amines is 1. The molecule has 2 rings (SSSR count). The molecule has 2 heterocycles. The molecule has 2 atom stereocenters. The van der Waals surface area contributed by atoms with Gasteiger partial charge in [-0.25, -0.2) is 0 Å². The van der Waals surface area contributed by atoms with Crippen LogP contribution < -0.4 is 11.1 Å². The molecule has 1 fully saturated rings. The highest BCUT2D eigenvalue weighted by atomic mass is 35.5. The van der Waals surface area contributed by atoms with Gasteiger partial charge in [0.15, 0.2) is 0 Å². The van der Waals surface area contributed by atoms with Crippen LogP contribution in [0.25, 0.3) is 0 Å². The van der Waals surface area contributed by atoms with Crippen molar-refractivity contribution in [3.63, 3.8) is 0 Å². The van der Waals surface area contributed by atoms with Gasteiger partial charge < -0.3 is 15.8 Å². The van der Waals surface area contributed by atoms with Crippen molar-refractivity contribution in [3.8, 4) is 0 Å². The van der Waals surface area contributed by atoms with Crippen LogP contribution in [0.15, 0.2) is 12.4 Å². The van der Waals surface area contributed by atoms with E-state index in [0.717, 1.165) is 12.8 Å². The van der Waals surface area contributed by atoms with Gasteiger partial charge in [-0.05, 0) is 12.8 Å². The number of amides is 1. The number of carbonyl (C=O) groups is 1. The van der Waals surface area contributed by atoms with Crippen molar-refractivity contribution in [2.24, 2.45) is 5.73 Å². The van der Waals surface area contributed by atoms with Crippen molar-refractivity contribution < 1.29 is 9.53 Å². The third-order valence-electron chi connectivity index (χ3n) is 2.43. The Morgan fingerprint density at radius 2 is 2.50 bits per heavy atom. The van der Waals surface area contributed by atoms with Crippen molar-refractivity contribution in [1.29, 1.82) is 0 Å². The van der Waals surface area contributed by atoms with Crippen molar-refractivity contribution in [2.45, 2.75) is 25.0 Å². The summed E-state index contributed by atoms with van der Waals surface area (Å²) in [6.07, 6.45) is 4.38. The lowest BCUT2D eigenvalue weighted by Gasteiger charge is -2.11. The normalized spacial score (nSPS) is 23.8. The van der Waals surface area contributed by atoms with Crippen LogP contribution >= 0.6 is 12.4 Å². The molecule has 7 heteroatoms. The molecular formula is C9H15ClN4O2. The van der Waals surface area contributed by atoms with E-state index in [2.05, 4.69) is 15.5 Å². The van der Waals surface area contributed by atoms with Crippen LogP contribution in [0.5, 0.6) is 0 Å². The fourth-order valence-electron chi connectivity index (χ4n) is 1.61. The van der Waals surface area contributed by atoms with Crippen LogP contribution in [0.2, 0.25) is 0 Å². The molecule has 16 heavy (non-hydrogen) atoms. The lowest BCUT2D eigenvalue weighted by atomic mass is 10.2. The van der Waals surface area contributed by atoms with Gasteiger partial charge in [0, 0.05) is 12.7 Å². The maximum atomic E-state index is 11.7. The summed E-state index contributed by atoms with van der Waals surface area (Å²) in [5, 5.41) is 9.06. The van der Waals surface area contributed by atoms with Crippen molar-refractivity contribution in [2.75, 3.05) is 11.9 Å². The highest BCUT2D eigenvalue weighted by molar-refractivity contribution is 5.94. The van der Waals surface area contributed by atoms with Gasteiger partial charge in [-0.1, -0.05) is 0 Å². The predicted molar refractivity (Wildman–Crippen MR) is 61.4 cm³/mol. The smallest absolute Gasteiger partial charge is 0.253 e. The van der Waals surface area contributed by atoms with E-state index < -0.39 is 0 Å². The number of rotatable bonds is 3. The summed E-state index contributed by atoms with van der Waals surface area (Å²) in [7, 11) is 0. The third kappa shape index (κ3) is 2.94. The monoisotopic (exact) mass is 246 g/mol. The molecule has 1 aliphatic heterocycles. The minimum Gasteiger partial charge on any atom is -0.364 e. The number of hydrogen-bond acceptors (Lipinski definition) is 4. The van der Waals surface area contributed by atoms with Crippen molar-refractivity contribution in [1.82, 2.24) is 10.2 Å². The summed E-state index contributed by atoms with van der Waals surface area (Å²) < 4.78 is 5.45. The van der Waals surface area contributed by atoms with Gasteiger partial charge >= 0.3 is 0 Å². The Morgan fingerprint density at radius 3 is 3.06 bits per heavy atom. The standard InChI is InChI=1S/C9H14N4O2.ClH/c10-3-7-1-2-8(15-7)9(14)13-6-4-11-12-5-6;/h4-5,7-8H,1-3,10H2,(H,11,12)(H,13,14);1H/t7-,8+;/m1./s1. The molecule has 0 aliphatic carbocycles. The molecule has 1 amide bonds. The van der Waals surface area contributed by atoms with Crippen LogP contribution in [0.3, 0.4) is 0 Å². The van der Waals surface area contributed by atoms with Crippen molar-refractivity contribution in [3.05, 3.63) is 12.4 Å². The van der Waals surface area contributed by atoms with Gasteiger partial charge in [0.2, 0.25) is 0 Å². The van der Waals surface area contributed by atoms with E-state index in [0.29, 0.717) is 12.2 Å². The topological polar surface area (TPSA) is 93.0 Å². The summed E-state index contributed by atoms with van der Waals surface area (Å²) in [6, 6.07) is 0. The summed E-state index contributed by atoms with van der Waals surface area (Å²) in [4.78, 5) is 11.7. The first-order valence-corrected chi connectivity index (χ1v) is 4.95. The summed E-state index contributed by atoms with van der Waals surface area (Å²) in [6.45, 7) is 0.468. The molecule has 4 N–H and O–H groups in total. The van der Waals surface area contributed by atoms with Crippen LogP contribution in [-0.2, 0) is 9.53 Å². The Bertz CT molecular complexity index is 330. The molecule has 1 aromatic rings. The zero-order chi connectivity index (χ0) is 10.7. The highest BCUT2D eigenvalue weighted by Gasteiger charge is 2.29. The molecule has 90 valence electrons. The zero-order valence-corrected chi connectivity index (χ0v) is 9.50. The number of nitrogens with two attached hydrogens (primary N) is 1. The van der Waals surface area contributed by atoms with Gasteiger partial charge in [-0.15, -0.1) is 12.4 Å². The summed E-state index contributed by atoms with van der Waals surface area (Å²) in [5.41, 5.74) is 6.11. The van der Waals surface area contributed by atoms with Gasteiger partial charge in [0.05, 0.1) is 18.0 Å². The van der Waals surface area contributed by atoms with Gasteiger partial charge in [-0.3, -0.25) is 9.89 Å². The summed E-state index contributed by atoms with van der Waals surface area (Å²) in [5.74, 6) is -0.132. The van der Waals surface area contributed by atoms with Crippen LogP contribution in [-0.4, -0.2) is 34.9 Å². The number of nitrogens with one attached hydrogen (secondary N) is 2. The lowest BCUT2D eigenvalue weighted by Crippen LogP contribution is -2.29. The lowest BCUT2D eigenvalue weighted by molar-refractivity contribution is -0.126. The van der Waals surface area contributed by atoms with E-state index in [1.807, 2.05) is 0 Å². The number of carbonyl (C=O) groups excluding carboxylic acids is 1. The molecule has 1 aromatic heterocycles. The molecule has 1 aliphatic rings. The first kappa shape index (κ1) is 13.0. The second-order valence-electron chi connectivity index (χ2n) is 3.54. The SMILES string of the molecule is Cl.NC[C@H]1CC[C@@H](C(=O)Nc2cn[nH]c2)O1. The number of aromatic nitrogens is 2. The first-order valence-electron chi connectivity index (χ1n) is 4.95. The quantitative estimate of drug-likeness (QED) is 0.714. The third-order valence-corrected chi connectivity index (χ3v) is 2.43. The zero-order valence-electron chi connectivity index (χ0n) is 8.68. The molecular weight excluding hydrogens is 232 g/mol. The average Bonchev–Trinajstić information content (AvgIpc) is 2.86. The predicted octanol–water partition coefficient (Wildman–Crippen LogP) is 0.276. The Balaban J connectivity index is 0.00000128. The maximum Gasteiger partial charge on any atom is 0.253 e. The number of ether oxygens (including phenoxy) is 1. The number of halogens is 1. The van der Waals surface area contributed by atoms with E-state index in [4.69, 9.17) is 10.5 Å². The molecule has 1 saturated heterocycles. The minimum atomic E-state index is -0.381. The molecule has 0 bridgehead atoms. The molecule has 0 unspecified atom stereocenters. The van der Waals surface area contributed by atoms with E-state index in [9.17, 15) is 4.79 Å². The number of hydrogen-bond donors (Lipinski definition) is 3. The van der Waals surface area contributed by atoms with Gasteiger partial charge in [-0.2, -0.15) is 5.10 Å². The maximum absolute atomic E-state index is 11.7. The largest absolute Gasteiger partial charge is 0.364 e. The minimum absolute atomic E-state index is 0. The second-order valence-corrected chi connectivity index (χ2v) is 3.54. The molecule has 0 saturated carbocycles. The summed E-state index contributed by atoms with van der Waals surface area (Å²) >= 11 is 0. The van der Waals surface area contributed by atoms with Crippen LogP contribution in [0.4, 0.5) is 5.69 Å². The Hall–Kier alpha value is -1.11. The van der Waals surface area contributed by atoms with E-state index in [1.165, 1.54) is 0 Å². The van der Waals surface area contributed by atoms with Crippen LogP contribution in [0, 0.1) is 0 Å².